The molecular formula is C104H60N6OS3. The highest BCUT2D eigenvalue weighted by Gasteiger charge is 2.24. The van der Waals surface area contributed by atoms with Crippen LogP contribution in [0, 0.1) is 0 Å². The van der Waals surface area contributed by atoms with Gasteiger partial charge < -0.3 is 4.42 Å². The molecule has 7 nitrogen and oxygen atoms in total. The Kier molecular flexibility index (Phi) is 15.4. The zero-order valence-electron chi connectivity index (χ0n) is 61.0. The summed E-state index contributed by atoms with van der Waals surface area (Å²) in [7, 11) is 0. The molecule has 0 amide bonds. The lowest BCUT2D eigenvalue weighted by Gasteiger charge is -2.14. The van der Waals surface area contributed by atoms with Gasteiger partial charge in [0.15, 0.2) is 0 Å². The van der Waals surface area contributed by atoms with Crippen molar-refractivity contribution in [2.24, 2.45) is 0 Å². The first-order valence-electron chi connectivity index (χ1n) is 38.2. The number of para-hydroxylation sites is 3. The summed E-state index contributed by atoms with van der Waals surface area (Å²) in [6, 6.07) is 128. The zero-order valence-corrected chi connectivity index (χ0v) is 63.4. The monoisotopic (exact) mass is 1500 g/mol. The van der Waals surface area contributed by atoms with E-state index in [0.29, 0.717) is 0 Å². The van der Waals surface area contributed by atoms with Crippen LogP contribution in [0.3, 0.4) is 0 Å². The molecule has 0 aliphatic rings. The number of fused-ring (bicyclic) bond motifs is 24. The molecule has 530 valence electrons. The van der Waals surface area contributed by atoms with Crippen molar-refractivity contribution in [2.75, 3.05) is 0 Å². The average Bonchev–Trinajstić information content (AvgIpc) is 1.29. The van der Waals surface area contributed by atoms with Gasteiger partial charge in [-0.25, -0.2) is 29.9 Å². The molecule has 25 rings (SSSR count). The normalized spacial score (nSPS) is 11.9. The van der Waals surface area contributed by atoms with Gasteiger partial charge in [-0.05, 0) is 122 Å². The summed E-state index contributed by atoms with van der Waals surface area (Å²) in [5.41, 5.74) is 19.2. The maximum absolute atomic E-state index is 6.18. The summed E-state index contributed by atoms with van der Waals surface area (Å²) in [6.07, 6.45) is 0. The number of rotatable bonds is 6. The van der Waals surface area contributed by atoms with Crippen LogP contribution < -0.4 is 0 Å². The van der Waals surface area contributed by atoms with E-state index >= 15 is 0 Å². The van der Waals surface area contributed by atoms with Crippen LogP contribution in [-0.2, 0) is 0 Å². The Morgan fingerprint density at radius 3 is 1.14 bits per heavy atom. The summed E-state index contributed by atoms with van der Waals surface area (Å²) in [4.78, 5) is 31.8. The Labute approximate surface area is 664 Å². The Morgan fingerprint density at radius 2 is 0.561 bits per heavy atom. The van der Waals surface area contributed by atoms with E-state index in [9.17, 15) is 0 Å². The van der Waals surface area contributed by atoms with Gasteiger partial charge >= 0.3 is 0 Å². The lowest BCUT2D eigenvalue weighted by Crippen LogP contribution is -1.97. The van der Waals surface area contributed by atoms with Gasteiger partial charge in [0.2, 0.25) is 0 Å². The van der Waals surface area contributed by atoms with Gasteiger partial charge in [0, 0.05) is 115 Å². The second-order valence-corrected chi connectivity index (χ2v) is 32.2. The third-order valence-electron chi connectivity index (χ3n) is 22.4. The van der Waals surface area contributed by atoms with Crippen molar-refractivity contribution >= 4 is 203 Å². The van der Waals surface area contributed by atoms with E-state index in [4.69, 9.17) is 34.3 Å². The molecule has 0 unspecified atom stereocenters. The molecule has 0 bridgehead atoms. The smallest absolute Gasteiger partial charge is 0.136 e. The van der Waals surface area contributed by atoms with E-state index in [1.807, 2.05) is 70.4 Å². The molecule has 25 aromatic rings. The first kappa shape index (κ1) is 65.6. The lowest BCUT2D eigenvalue weighted by atomic mass is 9.94. The number of benzene rings is 18. The molecule has 7 heterocycles. The Balaban J connectivity index is 0.000000102. The second kappa shape index (κ2) is 26.8. The fourth-order valence-corrected chi connectivity index (χ4v) is 20.6. The van der Waals surface area contributed by atoms with Gasteiger partial charge in [-0.1, -0.05) is 285 Å². The van der Waals surface area contributed by atoms with Crippen LogP contribution >= 0.6 is 34.0 Å². The van der Waals surface area contributed by atoms with Crippen LogP contribution in [0.2, 0.25) is 0 Å². The molecule has 18 aromatic carbocycles. The fraction of sp³-hybridized carbons (Fsp3) is 0. The van der Waals surface area contributed by atoms with Gasteiger partial charge in [-0.2, -0.15) is 0 Å². The van der Waals surface area contributed by atoms with Gasteiger partial charge in [-0.15, -0.1) is 34.0 Å². The second-order valence-electron chi connectivity index (χ2n) is 28.9. The zero-order chi connectivity index (χ0) is 74.9. The molecule has 0 N–H and O–H groups in total. The average molecular weight is 1510 g/mol. The number of furan rings is 1. The largest absolute Gasteiger partial charge is 0.456 e. The van der Waals surface area contributed by atoms with E-state index < -0.39 is 0 Å². The van der Waals surface area contributed by atoms with Crippen molar-refractivity contribution in [2.45, 2.75) is 0 Å². The summed E-state index contributed by atoms with van der Waals surface area (Å²) < 4.78 is 14.0. The standard InChI is InChI=1S/C36H20N2S2.C34H20N2O.C34H20N2S/c1-5-16-29-24(9-1)33-22-11-7-12-23(21(22)19-20-32(33)40-29)35-36(38-28-15-4-3-14-27(28)37-35)26-13-8-18-31-34(26)25-10-2-6-17-30(25)39-31;1-2-10-22(11-3-1)32-34(36-33-24-13-5-4-9-21(24)17-18-29(33)35-32)26-15-8-12-23-19-31-28(20-27(23)26)25-14-6-7-16-30(25)37-31;1-2-10-22(11-3-1)32-34(35-28-19-17-21-9-4-5-12-23(21)33(28)36-32)26-15-8-14-25-24(26)18-20-30-31(25)27-13-6-7-16-29(27)37-30/h1-20H;2*1-20H. The summed E-state index contributed by atoms with van der Waals surface area (Å²) in [5.74, 6) is 0. The molecule has 10 heteroatoms. The van der Waals surface area contributed by atoms with Crippen molar-refractivity contribution < 1.29 is 4.42 Å². The van der Waals surface area contributed by atoms with Gasteiger partial charge in [0.25, 0.3) is 0 Å². The minimum atomic E-state index is 0.882. The minimum absolute atomic E-state index is 0.882. The van der Waals surface area contributed by atoms with Crippen molar-refractivity contribution in [3.05, 3.63) is 364 Å². The Bertz CT molecular complexity index is 8270. The molecular weight excluding hydrogens is 1450 g/mol. The van der Waals surface area contributed by atoms with Crippen molar-refractivity contribution in [3.8, 4) is 67.5 Å². The number of hydrogen-bond acceptors (Lipinski definition) is 10. The fourth-order valence-electron chi connectivity index (χ4n) is 17.2. The van der Waals surface area contributed by atoms with Gasteiger partial charge in [0.05, 0.1) is 67.3 Å². The third-order valence-corrected chi connectivity index (χ3v) is 25.8. The predicted octanol–water partition coefficient (Wildman–Crippen LogP) is 29.7. The van der Waals surface area contributed by atoms with Crippen LogP contribution in [0.25, 0.3) is 237 Å². The van der Waals surface area contributed by atoms with E-state index in [1.165, 1.54) is 87.4 Å². The van der Waals surface area contributed by atoms with Crippen molar-refractivity contribution in [1.29, 1.82) is 0 Å². The molecule has 0 aliphatic heterocycles. The molecule has 0 spiro atoms. The first-order valence-corrected chi connectivity index (χ1v) is 40.7. The Morgan fingerprint density at radius 1 is 0.184 bits per heavy atom. The number of aromatic nitrogens is 6. The Hall–Kier alpha value is -14.3. The topological polar surface area (TPSA) is 90.5 Å². The number of nitrogens with zero attached hydrogens (tertiary/aromatic N) is 6. The molecule has 0 saturated heterocycles. The van der Waals surface area contributed by atoms with Crippen molar-refractivity contribution in [3.63, 3.8) is 0 Å². The van der Waals surface area contributed by atoms with Crippen LogP contribution in [0.4, 0.5) is 0 Å². The third kappa shape index (κ3) is 10.8. The first-order chi connectivity index (χ1) is 56.5. The van der Waals surface area contributed by atoms with Crippen LogP contribution in [0.15, 0.2) is 368 Å². The molecule has 0 aliphatic carbocycles. The quantitative estimate of drug-likeness (QED) is 0.153. The SMILES string of the molecule is c1ccc(-c2nc3c(ccc4ccccc43)nc2-c2cccc3c2ccc2sc4ccccc4c23)cc1.c1ccc(-c2nc3ccc4ccccc4c3nc2-c2cccc3cc4oc5ccccc5c4cc23)cc1.c1ccc2nc(-c3cccc4sc5ccccc5c34)c(-c3cccc4c3ccc3sc5ccccc5c34)nc2c1. The van der Waals surface area contributed by atoms with Crippen LogP contribution in [0.1, 0.15) is 0 Å². The number of hydrogen-bond donors (Lipinski definition) is 0. The summed E-state index contributed by atoms with van der Waals surface area (Å²) in [6.45, 7) is 0. The van der Waals surface area contributed by atoms with E-state index in [-0.39, 0.29) is 0 Å². The van der Waals surface area contributed by atoms with E-state index in [0.717, 1.165) is 150 Å². The van der Waals surface area contributed by atoms with Crippen LogP contribution in [-0.4, -0.2) is 29.9 Å². The van der Waals surface area contributed by atoms with Crippen molar-refractivity contribution in [1.82, 2.24) is 29.9 Å². The molecule has 0 atom stereocenters. The predicted molar refractivity (Wildman–Crippen MR) is 485 cm³/mol. The maximum atomic E-state index is 6.18. The summed E-state index contributed by atoms with van der Waals surface area (Å²) in [5, 5.41) is 21.7. The summed E-state index contributed by atoms with van der Waals surface area (Å²) >= 11 is 5.54. The van der Waals surface area contributed by atoms with Crippen LogP contribution in [0.5, 0.6) is 0 Å². The molecule has 0 saturated carbocycles. The maximum Gasteiger partial charge on any atom is 0.136 e. The highest BCUT2D eigenvalue weighted by Crippen LogP contribution is 2.48. The lowest BCUT2D eigenvalue weighted by molar-refractivity contribution is 0.669. The van der Waals surface area contributed by atoms with Gasteiger partial charge in [0.1, 0.15) is 11.2 Å². The highest BCUT2D eigenvalue weighted by molar-refractivity contribution is 7.26. The molecule has 0 fully saturated rings. The molecule has 114 heavy (non-hydrogen) atoms. The minimum Gasteiger partial charge on any atom is -0.456 e. The van der Waals surface area contributed by atoms with E-state index in [1.54, 1.807) is 0 Å². The molecule has 7 aromatic heterocycles. The molecule has 0 radical (unpaired) electrons. The number of thiophene rings is 3. The highest BCUT2D eigenvalue weighted by atomic mass is 32.1. The van der Waals surface area contributed by atoms with Gasteiger partial charge in [-0.3, -0.25) is 0 Å². The van der Waals surface area contributed by atoms with E-state index in [2.05, 4.69) is 328 Å².